The zero-order chi connectivity index (χ0) is 23.8. The summed E-state index contributed by atoms with van der Waals surface area (Å²) in [5.41, 5.74) is 5.06. The molecule has 0 N–H and O–H groups in total. The predicted molar refractivity (Wildman–Crippen MR) is 136 cm³/mol. The van der Waals surface area contributed by atoms with E-state index < -0.39 is 0 Å². The van der Waals surface area contributed by atoms with Crippen LogP contribution >= 0.6 is 23.1 Å². The molecule has 5 rings (SSSR count). The third kappa shape index (κ3) is 4.01. The van der Waals surface area contributed by atoms with Gasteiger partial charge in [-0.3, -0.25) is 9.36 Å². The van der Waals surface area contributed by atoms with Gasteiger partial charge in [0, 0.05) is 18.0 Å². The molecule has 2 aromatic carbocycles. The Balaban J connectivity index is 1.42. The van der Waals surface area contributed by atoms with E-state index in [-0.39, 0.29) is 5.56 Å². The Morgan fingerprint density at radius 3 is 2.71 bits per heavy atom. The number of para-hydroxylation sites is 1. The van der Waals surface area contributed by atoms with Gasteiger partial charge in [0.25, 0.3) is 5.56 Å². The molecule has 3 aromatic heterocycles. The fourth-order valence-corrected chi connectivity index (χ4v) is 5.48. The minimum atomic E-state index is -0.0674. The highest BCUT2D eigenvalue weighted by molar-refractivity contribution is 7.98. The maximum Gasteiger partial charge on any atom is 0.263 e. The summed E-state index contributed by atoms with van der Waals surface area (Å²) >= 11 is 2.87. The highest BCUT2D eigenvalue weighted by Crippen LogP contribution is 2.33. The Morgan fingerprint density at radius 2 is 1.91 bits per heavy atom. The van der Waals surface area contributed by atoms with E-state index in [1.54, 1.807) is 18.7 Å². The van der Waals surface area contributed by atoms with Gasteiger partial charge in [0.2, 0.25) is 11.7 Å². The van der Waals surface area contributed by atoms with E-state index in [4.69, 9.17) is 14.2 Å². The van der Waals surface area contributed by atoms with Crippen molar-refractivity contribution in [1.82, 2.24) is 19.7 Å². The molecule has 0 saturated heterocycles. The van der Waals surface area contributed by atoms with Gasteiger partial charge in [0.15, 0.2) is 5.16 Å². The fourth-order valence-electron chi connectivity index (χ4n) is 3.68. The minimum absolute atomic E-state index is 0.0674. The molecule has 0 bridgehead atoms. The number of hydrogen-bond donors (Lipinski definition) is 0. The van der Waals surface area contributed by atoms with Crippen LogP contribution < -0.4 is 10.3 Å². The van der Waals surface area contributed by atoms with E-state index in [1.807, 2.05) is 29.6 Å². The Labute approximate surface area is 204 Å². The van der Waals surface area contributed by atoms with Crippen LogP contribution in [0, 0.1) is 13.8 Å². The number of fused-ring (bicyclic) bond motifs is 1. The molecule has 34 heavy (non-hydrogen) atoms. The van der Waals surface area contributed by atoms with E-state index in [2.05, 4.69) is 42.2 Å². The zero-order valence-electron chi connectivity index (χ0n) is 19.2. The molecule has 9 heteroatoms. The minimum Gasteiger partial charge on any atom is -0.496 e. The first-order valence-corrected chi connectivity index (χ1v) is 12.5. The van der Waals surface area contributed by atoms with Crippen molar-refractivity contribution < 1.29 is 9.26 Å². The van der Waals surface area contributed by atoms with Crippen LogP contribution in [0.3, 0.4) is 0 Å². The Hall–Kier alpha value is -3.43. The summed E-state index contributed by atoms with van der Waals surface area (Å²) in [5.74, 6) is 1.97. The number of aryl methyl sites for hydroxylation is 2. The molecule has 0 aliphatic heterocycles. The van der Waals surface area contributed by atoms with Gasteiger partial charge in [-0.05, 0) is 42.7 Å². The smallest absolute Gasteiger partial charge is 0.263 e. The standard InChI is InChI=1S/C25H22N4O3S2/c1-14-9-10-16(11-15(14)2)18-12-33-23-21(18)24(30)29(3)25(27-23)34-13-20-26-22(28-32-20)17-7-5-6-8-19(17)31-4/h5-12H,13H2,1-4H3. The zero-order valence-corrected chi connectivity index (χ0v) is 20.8. The van der Waals surface area contributed by atoms with Crippen LogP contribution in [0.5, 0.6) is 5.75 Å². The summed E-state index contributed by atoms with van der Waals surface area (Å²) in [6.45, 7) is 4.16. The normalized spacial score (nSPS) is 11.3. The second-order valence-electron chi connectivity index (χ2n) is 7.89. The van der Waals surface area contributed by atoms with E-state index in [0.29, 0.717) is 33.8 Å². The number of thioether (sulfide) groups is 1. The van der Waals surface area contributed by atoms with Gasteiger partial charge in [-0.2, -0.15) is 4.98 Å². The van der Waals surface area contributed by atoms with Gasteiger partial charge in [0.05, 0.1) is 23.8 Å². The second-order valence-corrected chi connectivity index (χ2v) is 9.69. The number of thiophene rings is 1. The van der Waals surface area contributed by atoms with E-state index in [0.717, 1.165) is 21.5 Å². The van der Waals surface area contributed by atoms with Crippen molar-refractivity contribution in [3.63, 3.8) is 0 Å². The largest absolute Gasteiger partial charge is 0.496 e. The van der Waals surface area contributed by atoms with Crippen molar-refractivity contribution >= 4 is 33.3 Å². The number of methoxy groups -OCH3 is 1. The molecule has 0 amide bonds. The van der Waals surface area contributed by atoms with Crippen LogP contribution in [0.2, 0.25) is 0 Å². The molecule has 0 spiro atoms. The molecule has 0 aliphatic rings. The Kier molecular flexibility index (Phi) is 5.97. The van der Waals surface area contributed by atoms with Crippen molar-refractivity contribution in [2.75, 3.05) is 7.11 Å². The van der Waals surface area contributed by atoms with Crippen molar-refractivity contribution in [1.29, 1.82) is 0 Å². The third-order valence-electron chi connectivity index (χ3n) is 5.73. The van der Waals surface area contributed by atoms with Gasteiger partial charge in [-0.25, -0.2) is 4.98 Å². The molecule has 0 unspecified atom stereocenters. The number of ether oxygens (including phenoxy) is 1. The van der Waals surface area contributed by atoms with Gasteiger partial charge in [0.1, 0.15) is 10.6 Å². The lowest BCUT2D eigenvalue weighted by Gasteiger charge is -2.08. The molecular formula is C25H22N4O3S2. The summed E-state index contributed by atoms with van der Waals surface area (Å²) in [6, 6.07) is 13.8. The van der Waals surface area contributed by atoms with Crippen molar-refractivity contribution in [2.24, 2.45) is 7.05 Å². The monoisotopic (exact) mass is 490 g/mol. The number of rotatable bonds is 6. The molecular weight excluding hydrogens is 468 g/mol. The van der Waals surface area contributed by atoms with E-state index in [1.165, 1.54) is 34.2 Å². The highest BCUT2D eigenvalue weighted by atomic mass is 32.2. The van der Waals surface area contributed by atoms with Crippen molar-refractivity contribution in [3.05, 3.63) is 75.2 Å². The van der Waals surface area contributed by atoms with Gasteiger partial charge < -0.3 is 9.26 Å². The number of hydrogen-bond acceptors (Lipinski definition) is 8. The quantitative estimate of drug-likeness (QED) is 0.225. The Morgan fingerprint density at radius 1 is 1.09 bits per heavy atom. The summed E-state index contributed by atoms with van der Waals surface area (Å²) in [5, 5.41) is 7.34. The first-order chi connectivity index (χ1) is 16.5. The summed E-state index contributed by atoms with van der Waals surface area (Å²) in [4.78, 5) is 23.2. The first-order valence-electron chi connectivity index (χ1n) is 10.6. The maximum absolute atomic E-state index is 13.3. The van der Waals surface area contributed by atoms with E-state index >= 15 is 0 Å². The number of nitrogens with zero attached hydrogens (tertiary/aromatic N) is 4. The van der Waals surface area contributed by atoms with Crippen molar-refractivity contribution in [2.45, 2.75) is 24.8 Å². The average Bonchev–Trinajstić information content (AvgIpc) is 3.49. The lowest BCUT2D eigenvalue weighted by Crippen LogP contribution is -2.19. The molecule has 0 fully saturated rings. The van der Waals surface area contributed by atoms with Crippen LogP contribution in [0.1, 0.15) is 17.0 Å². The molecule has 0 atom stereocenters. The van der Waals surface area contributed by atoms with Crippen LogP contribution in [-0.2, 0) is 12.8 Å². The van der Waals surface area contributed by atoms with Gasteiger partial charge in [-0.15, -0.1) is 11.3 Å². The number of aromatic nitrogens is 4. The molecule has 3 heterocycles. The van der Waals surface area contributed by atoms with Crippen LogP contribution in [0.4, 0.5) is 0 Å². The predicted octanol–water partition coefficient (Wildman–Crippen LogP) is 5.63. The molecule has 0 radical (unpaired) electrons. The summed E-state index contributed by atoms with van der Waals surface area (Å²) in [7, 11) is 3.35. The summed E-state index contributed by atoms with van der Waals surface area (Å²) < 4.78 is 12.4. The first kappa shape index (κ1) is 22.4. The van der Waals surface area contributed by atoms with Crippen LogP contribution in [-0.4, -0.2) is 26.8 Å². The van der Waals surface area contributed by atoms with Gasteiger partial charge >= 0.3 is 0 Å². The highest BCUT2D eigenvalue weighted by Gasteiger charge is 2.18. The lowest BCUT2D eigenvalue weighted by molar-refractivity contribution is 0.390. The fraction of sp³-hybridized carbons (Fsp3) is 0.200. The maximum atomic E-state index is 13.3. The third-order valence-corrected chi connectivity index (χ3v) is 7.62. The second kappa shape index (κ2) is 9.08. The summed E-state index contributed by atoms with van der Waals surface area (Å²) in [6.07, 6.45) is 0. The molecule has 7 nitrogen and oxygen atoms in total. The van der Waals surface area contributed by atoms with Crippen LogP contribution in [0.25, 0.3) is 32.7 Å². The van der Waals surface area contributed by atoms with Crippen LogP contribution in [0.15, 0.2) is 62.3 Å². The topological polar surface area (TPSA) is 83.0 Å². The van der Waals surface area contributed by atoms with Gasteiger partial charge in [-0.1, -0.05) is 47.3 Å². The Bertz CT molecular complexity index is 1570. The lowest BCUT2D eigenvalue weighted by atomic mass is 10.0. The number of benzene rings is 2. The average molecular weight is 491 g/mol. The molecule has 0 saturated carbocycles. The SMILES string of the molecule is COc1ccccc1-c1noc(CSc2nc3scc(-c4ccc(C)c(C)c4)c3c(=O)n2C)n1. The molecule has 172 valence electrons. The molecule has 0 aliphatic carbocycles. The molecule has 5 aromatic rings. The van der Waals surface area contributed by atoms with E-state index in [9.17, 15) is 4.79 Å². The van der Waals surface area contributed by atoms with Crippen molar-refractivity contribution in [3.8, 4) is 28.3 Å².